The number of carbonyl (C=O) groups excluding carboxylic acids is 1. The zero-order valence-electron chi connectivity index (χ0n) is 7.72. The first-order valence-electron chi connectivity index (χ1n) is 3.89. The summed E-state index contributed by atoms with van der Waals surface area (Å²) in [5.74, 6) is 0. The summed E-state index contributed by atoms with van der Waals surface area (Å²) in [5, 5.41) is 9.22. The highest BCUT2D eigenvalue weighted by Gasteiger charge is 2.36. The summed E-state index contributed by atoms with van der Waals surface area (Å²) in [4.78, 5) is 20.3. The normalized spacial score (nSPS) is 11.4. The van der Waals surface area contributed by atoms with Crippen molar-refractivity contribution < 1.29 is 22.9 Å². The second-order valence-corrected chi connectivity index (χ2v) is 4.02. The predicted molar refractivity (Wildman–Crippen MR) is 56.0 cm³/mol. The average molecular weight is 332 g/mol. The number of nitro groups is 1. The van der Waals surface area contributed by atoms with Gasteiger partial charge >= 0.3 is 6.18 Å². The highest BCUT2D eigenvalue weighted by Crippen LogP contribution is 2.39. The molecule has 0 amide bonds. The fourth-order valence-corrected chi connectivity index (χ4v) is 1.96. The number of alkyl halides is 3. The minimum Gasteiger partial charge on any atom is -0.276 e. The van der Waals surface area contributed by atoms with Crippen molar-refractivity contribution in [2.24, 2.45) is 0 Å². The molecule has 0 heterocycles. The SMILES string of the molecule is O=C(Cl)c1cc([N+](=O)[O-])cc(C(F)(F)F)c1Br. The van der Waals surface area contributed by atoms with Crippen molar-refractivity contribution in [1.29, 1.82) is 0 Å². The summed E-state index contributed by atoms with van der Waals surface area (Å²) in [6.45, 7) is 0. The molecular weight excluding hydrogens is 330 g/mol. The van der Waals surface area contributed by atoms with Gasteiger partial charge in [-0.15, -0.1) is 0 Å². The Bertz CT molecular complexity index is 504. The van der Waals surface area contributed by atoms with Gasteiger partial charge in [0, 0.05) is 16.6 Å². The van der Waals surface area contributed by atoms with Gasteiger partial charge in [-0.05, 0) is 27.5 Å². The molecule has 4 nitrogen and oxygen atoms in total. The lowest BCUT2D eigenvalue weighted by Crippen LogP contribution is -2.09. The third kappa shape index (κ3) is 2.95. The van der Waals surface area contributed by atoms with Crippen LogP contribution in [0.2, 0.25) is 0 Å². The highest BCUT2D eigenvalue weighted by atomic mass is 79.9. The molecule has 1 aromatic rings. The molecule has 0 unspecified atom stereocenters. The molecule has 0 saturated heterocycles. The van der Waals surface area contributed by atoms with Crippen LogP contribution in [-0.4, -0.2) is 10.2 Å². The van der Waals surface area contributed by atoms with Crippen LogP contribution in [0.4, 0.5) is 18.9 Å². The molecule has 1 aromatic carbocycles. The van der Waals surface area contributed by atoms with Gasteiger partial charge < -0.3 is 0 Å². The second-order valence-electron chi connectivity index (χ2n) is 2.88. The zero-order chi connectivity index (χ0) is 13.4. The van der Waals surface area contributed by atoms with Crippen LogP contribution in [-0.2, 0) is 6.18 Å². The van der Waals surface area contributed by atoms with Crippen LogP contribution in [0.1, 0.15) is 15.9 Å². The number of rotatable bonds is 2. The number of benzene rings is 1. The third-order valence-corrected chi connectivity index (χ3v) is 2.84. The Morgan fingerprint density at radius 1 is 1.41 bits per heavy atom. The topological polar surface area (TPSA) is 60.2 Å². The smallest absolute Gasteiger partial charge is 0.276 e. The molecule has 0 radical (unpaired) electrons. The number of non-ortho nitro benzene ring substituents is 1. The summed E-state index contributed by atoms with van der Waals surface area (Å²) in [6, 6.07) is 1.00. The van der Waals surface area contributed by atoms with E-state index in [1.54, 1.807) is 0 Å². The molecule has 0 aliphatic heterocycles. The van der Waals surface area contributed by atoms with Crippen LogP contribution < -0.4 is 0 Å². The molecule has 0 atom stereocenters. The Labute approximate surface area is 106 Å². The van der Waals surface area contributed by atoms with Gasteiger partial charge in [-0.1, -0.05) is 0 Å². The number of nitrogens with zero attached hydrogens (tertiary/aromatic N) is 1. The summed E-state index contributed by atoms with van der Waals surface area (Å²) in [7, 11) is 0. The lowest BCUT2D eigenvalue weighted by molar-refractivity contribution is -0.385. The molecule has 0 bridgehead atoms. The van der Waals surface area contributed by atoms with Crippen molar-refractivity contribution >= 4 is 38.5 Å². The number of hydrogen-bond donors (Lipinski definition) is 0. The van der Waals surface area contributed by atoms with Gasteiger partial charge in [0.1, 0.15) is 0 Å². The molecule has 0 fully saturated rings. The molecule has 0 saturated carbocycles. The quantitative estimate of drug-likeness (QED) is 0.471. The second kappa shape index (κ2) is 4.61. The molecule has 0 N–H and O–H groups in total. The van der Waals surface area contributed by atoms with Crippen molar-refractivity contribution in [2.75, 3.05) is 0 Å². The van der Waals surface area contributed by atoms with Crippen molar-refractivity contribution in [2.45, 2.75) is 6.18 Å². The minimum absolute atomic E-state index is 0.327. The van der Waals surface area contributed by atoms with E-state index in [2.05, 4.69) is 15.9 Å². The van der Waals surface area contributed by atoms with Crippen molar-refractivity contribution in [3.05, 3.63) is 37.8 Å². The van der Waals surface area contributed by atoms with Crippen LogP contribution in [0.15, 0.2) is 16.6 Å². The maximum Gasteiger partial charge on any atom is 0.417 e. The maximum absolute atomic E-state index is 12.5. The van der Waals surface area contributed by atoms with E-state index in [1.807, 2.05) is 0 Å². The van der Waals surface area contributed by atoms with Crippen molar-refractivity contribution in [3.8, 4) is 0 Å². The lowest BCUT2D eigenvalue weighted by Gasteiger charge is -2.10. The van der Waals surface area contributed by atoms with E-state index in [0.29, 0.717) is 12.1 Å². The summed E-state index contributed by atoms with van der Waals surface area (Å²) in [5.41, 5.74) is -2.78. The largest absolute Gasteiger partial charge is 0.417 e. The maximum atomic E-state index is 12.5. The first-order valence-corrected chi connectivity index (χ1v) is 5.06. The number of hydrogen-bond acceptors (Lipinski definition) is 3. The van der Waals surface area contributed by atoms with E-state index in [1.165, 1.54) is 0 Å². The van der Waals surface area contributed by atoms with Gasteiger partial charge in [0.25, 0.3) is 10.9 Å². The molecule has 0 aromatic heterocycles. The van der Waals surface area contributed by atoms with Gasteiger partial charge in [0.15, 0.2) is 0 Å². The predicted octanol–water partition coefficient (Wildman–Crippen LogP) is 3.76. The van der Waals surface area contributed by atoms with Crippen LogP contribution in [0.25, 0.3) is 0 Å². The summed E-state index contributed by atoms with van der Waals surface area (Å²) < 4.78 is 37.0. The molecule has 0 spiro atoms. The van der Waals surface area contributed by atoms with E-state index in [9.17, 15) is 28.1 Å². The van der Waals surface area contributed by atoms with Gasteiger partial charge in [0.2, 0.25) is 0 Å². The van der Waals surface area contributed by atoms with Crippen LogP contribution in [0.5, 0.6) is 0 Å². The van der Waals surface area contributed by atoms with Gasteiger partial charge in [-0.25, -0.2) is 0 Å². The first kappa shape index (κ1) is 13.9. The molecule has 1 rings (SSSR count). The van der Waals surface area contributed by atoms with Gasteiger partial charge in [0.05, 0.1) is 16.1 Å². The van der Waals surface area contributed by atoms with E-state index in [4.69, 9.17) is 11.6 Å². The van der Waals surface area contributed by atoms with Crippen LogP contribution in [0, 0.1) is 10.1 Å². The van der Waals surface area contributed by atoms with E-state index in [0.717, 1.165) is 0 Å². The Morgan fingerprint density at radius 2 is 1.94 bits per heavy atom. The number of halogens is 5. The van der Waals surface area contributed by atoms with E-state index < -0.39 is 37.6 Å². The standard InChI is InChI=1S/C8H2BrClF3NO3/c9-6-4(7(10)15)1-3(14(16)17)2-5(6)8(11,12)13/h1-2H. The van der Waals surface area contributed by atoms with Gasteiger partial charge in [-0.2, -0.15) is 13.2 Å². The monoisotopic (exact) mass is 331 g/mol. The lowest BCUT2D eigenvalue weighted by atomic mass is 10.1. The molecule has 92 valence electrons. The summed E-state index contributed by atoms with van der Waals surface area (Å²) in [6.07, 6.45) is -4.83. The Kier molecular flexibility index (Phi) is 3.78. The van der Waals surface area contributed by atoms with E-state index in [-0.39, 0.29) is 0 Å². The van der Waals surface area contributed by atoms with Crippen LogP contribution in [0.3, 0.4) is 0 Å². The first-order chi connectivity index (χ1) is 7.64. The fourth-order valence-electron chi connectivity index (χ4n) is 1.06. The number of carbonyl (C=O) groups is 1. The molecule has 0 aliphatic carbocycles. The molecule has 17 heavy (non-hydrogen) atoms. The van der Waals surface area contributed by atoms with Crippen LogP contribution >= 0.6 is 27.5 Å². The van der Waals surface area contributed by atoms with Gasteiger partial charge in [-0.3, -0.25) is 14.9 Å². The van der Waals surface area contributed by atoms with Crippen molar-refractivity contribution in [1.82, 2.24) is 0 Å². The Balaban J connectivity index is 3.60. The molecule has 0 aliphatic rings. The fraction of sp³-hybridized carbons (Fsp3) is 0.125. The third-order valence-electron chi connectivity index (χ3n) is 1.79. The average Bonchev–Trinajstić information content (AvgIpc) is 2.15. The summed E-state index contributed by atoms with van der Waals surface area (Å²) >= 11 is 7.60. The highest BCUT2D eigenvalue weighted by molar-refractivity contribution is 9.10. The molecule has 9 heteroatoms. The Morgan fingerprint density at radius 3 is 2.29 bits per heavy atom. The number of nitro benzene ring substituents is 1. The molecular formula is C8H2BrClF3NO3. The van der Waals surface area contributed by atoms with E-state index >= 15 is 0 Å². The minimum atomic E-state index is -4.83. The zero-order valence-corrected chi connectivity index (χ0v) is 10.1. The van der Waals surface area contributed by atoms with Crippen molar-refractivity contribution in [3.63, 3.8) is 0 Å². The Hall–Kier alpha value is -1.15.